The van der Waals surface area contributed by atoms with Gasteiger partial charge in [0.1, 0.15) is 28.0 Å². The molecule has 1 amide bonds. The second-order valence-corrected chi connectivity index (χ2v) is 16.1. The SMILES string of the molecule is CC(=O)N1CCN(CCOc2ccc(C3CCN(C4=Nn5c(nnc5C(F)(F)F)CC4)CC3)cc2)CC1.O=S(=O)(O)c1cccc2c(S(=O)(=O)O)cccc12. The third-order valence-electron chi connectivity index (χ3n) is 9.85. The third kappa shape index (κ3) is 9.61. The molecule has 4 aromatic rings. The maximum Gasteiger partial charge on any atom is 0.453 e. The number of halogens is 3. The zero-order valence-electron chi connectivity index (χ0n) is 29.8. The number of carbonyl (C=O) groups is 1. The highest BCUT2D eigenvalue weighted by molar-refractivity contribution is 7.86. The quantitative estimate of drug-likeness (QED) is 0.254. The molecule has 3 aliphatic heterocycles. The average molecular weight is 808 g/mol. The Balaban J connectivity index is 0.000000239. The number of piperidine rings is 1. The minimum absolute atomic E-state index is 0.0233. The van der Waals surface area contributed by atoms with Crippen molar-refractivity contribution in [3.63, 3.8) is 0 Å². The number of aryl methyl sites for hydroxylation is 1. The van der Waals surface area contributed by atoms with Crippen molar-refractivity contribution in [2.45, 2.75) is 54.5 Å². The van der Waals surface area contributed by atoms with E-state index in [0.29, 0.717) is 31.2 Å². The molecule has 2 saturated heterocycles. The van der Waals surface area contributed by atoms with Gasteiger partial charge >= 0.3 is 6.18 Å². The summed E-state index contributed by atoms with van der Waals surface area (Å²) < 4.78 is 109. The maximum absolute atomic E-state index is 13.2. The number of likely N-dealkylation sites (tertiary alicyclic amines) is 1. The van der Waals surface area contributed by atoms with E-state index in [0.717, 1.165) is 81.2 Å². The first-order valence-electron chi connectivity index (χ1n) is 17.5. The van der Waals surface area contributed by atoms with Crippen LogP contribution in [-0.2, 0) is 37.6 Å². The van der Waals surface area contributed by atoms with Crippen LogP contribution in [0.25, 0.3) is 10.8 Å². The first kappa shape index (κ1) is 40.0. The number of alkyl halides is 3. The molecule has 2 fully saturated rings. The minimum atomic E-state index is -4.58. The average Bonchev–Trinajstić information content (AvgIpc) is 3.59. The van der Waals surface area contributed by atoms with Gasteiger partial charge in [-0.3, -0.25) is 18.8 Å². The number of carbonyl (C=O) groups excluding carboxylic acids is 1. The first-order chi connectivity index (χ1) is 26.0. The van der Waals surface area contributed by atoms with Crippen LogP contribution in [-0.4, -0.2) is 120 Å². The number of piperazine rings is 1. The molecule has 1 aromatic heterocycles. The molecule has 4 heterocycles. The fraction of sp³-hybridized carbons (Fsp3) is 0.429. The van der Waals surface area contributed by atoms with Crippen molar-refractivity contribution in [1.29, 1.82) is 0 Å². The van der Waals surface area contributed by atoms with E-state index in [9.17, 15) is 34.8 Å². The molecule has 2 N–H and O–H groups in total. The van der Waals surface area contributed by atoms with Crippen LogP contribution in [0.15, 0.2) is 75.6 Å². The highest BCUT2D eigenvalue weighted by atomic mass is 32.2. The summed E-state index contributed by atoms with van der Waals surface area (Å²) in [5.41, 5.74) is 1.25. The fourth-order valence-electron chi connectivity index (χ4n) is 6.95. The lowest BCUT2D eigenvalue weighted by Crippen LogP contribution is -2.48. The normalized spacial score (nSPS) is 17.3. The lowest BCUT2D eigenvalue weighted by Gasteiger charge is -2.35. The smallest absolute Gasteiger partial charge is 0.453 e. The number of amides is 1. The number of hydrogen-bond acceptors (Lipinski definition) is 11. The molecule has 0 bridgehead atoms. The van der Waals surface area contributed by atoms with Gasteiger partial charge in [-0.05, 0) is 48.6 Å². The molecule has 0 unspecified atom stereocenters. The summed E-state index contributed by atoms with van der Waals surface area (Å²) in [5, 5.41) is 11.3. The van der Waals surface area contributed by atoms with E-state index in [-0.39, 0.29) is 22.5 Å². The molecule has 0 radical (unpaired) electrons. The maximum atomic E-state index is 13.2. The number of benzene rings is 3. The van der Waals surface area contributed by atoms with Crippen LogP contribution in [0.5, 0.6) is 5.75 Å². The van der Waals surface area contributed by atoms with Crippen molar-refractivity contribution < 1.29 is 48.6 Å². The Morgan fingerprint density at radius 1 is 0.818 bits per heavy atom. The second-order valence-electron chi connectivity index (χ2n) is 13.3. The molecule has 7 rings (SSSR count). The van der Waals surface area contributed by atoms with Gasteiger partial charge in [-0.2, -0.15) is 39.8 Å². The number of amidine groups is 1. The standard InChI is InChI=1S/C25H32F3N7O2.C10H8O6S2/c1-18(36)33-14-12-32(13-15-33)16-17-37-21-4-2-19(3-5-21)20-8-10-34(11-9-20)23-7-6-22-29-30-24(25(26,27)28)35(22)31-23;11-17(12,13)9-5-1-3-7-8(9)4-2-6-10(7)18(14,15)16/h2-5,20H,6-17H2,1H3;1-6H,(H,11,12,13)(H,14,15,16). The zero-order chi connectivity index (χ0) is 39.5. The molecule has 296 valence electrons. The van der Waals surface area contributed by atoms with Gasteiger partial charge in [0, 0.05) is 76.4 Å². The highest BCUT2D eigenvalue weighted by Gasteiger charge is 2.40. The molecule has 0 saturated carbocycles. The van der Waals surface area contributed by atoms with Gasteiger partial charge in [0.05, 0.1) is 0 Å². The number of fused-ring (bicyclic) bond motifs is 2. The van der Waals surface area contributed by atoms with E-state index in [1.165, 1.54) is 29.8 Å². The molecule has 0 aliphatic carbocycles. The minimum Gasteiger partial charge on any atom is -0.492 e. The molecule has 3 aromatic carbocycles. The molecule has 55 heavy (non-hydrogen) atoms. The van der Waals surface area contributed by atoms with Crippen molar-refractivity contribution in [2.24, 2.45) is 5.10 Å². The predicted molar refractivity (Wildman–Crippen MR) is 194 cm³/mol. The lowest BCUT2D eigenvalue weighted by atomic mass is 9.89. The van der Waals surface area contributed by atoms with Gasteiger partial charge in [0.25, 0.3) is 26.1 Å². The summed E-state index contributed by atoms with van der Waals surface area (Å²) in [5.74, 6) is 1.22. The first-order valence-corrected chi connectivity index (χ1v) is 20.4. The molecular weight excluding hydrogens is 768 g/mol. The van der Waals surface area contributed by atoms with Gasteiger partial charge in [-0.25, -0.2) is 0 Å². The Labute approximate surface area is 315 Å². The Hall–Kier alpha value is -4.63. The number of aromatic nitrogens is 3. The Morgan fingerprint density at radius 2 is 1.40 bits per heavy atom. The lowest BCUT2D eigenvalue weighted by molar-refractivity contribution is -0.147. The van der Waals surface area contributed by atoms with Crippen LogP contribution in [0.4, 0.5) is 13.2 Å². The summed E-state index contributed by atoms with van der Waals surface area (Å²) in [6.07, 6.45) is -1.79. The summed E-state index contributed by atoms with van der Waals surface area (Å²) in [6.45, 7) is 7.82. The largest absolute Gasteiger partial charge is 0.492 e. The predicted octanol–water partition coefficient (Wildman–Crippen LogP) is 4.16. The van der Waals surface area contributed by atoms with Crippen molar-refractivity contribution in [3.8, 4) is 5.75 Å². The van der Waals surface area contributed by atoms with E-state index in [4.69, 9.17) is 13.8 Å². The monoisotopic (exact) mass is 807 g/mol. The van der Waals surface area contributed by atoms with Crippen molar-refractivity contribution in [3.05, 3.63) is 77.9 Å². The molecule has 15 nitrogen and oxygen atoms in total. The van der Waals surface area contributed by atoms with Crippen molar-refractivity contribution in [1.82, 2.24) is 29.6 Å². The topological polar surface area (TPSA) is 188 Å². The summed E-state index contributed by atoms with van der Waals surface area (Å²) in [6, 6.07) is 15.8. The summed E-state index contributed by atoms with van der Waals surface area (Å²) in [4.78, 5) is 16.9. The van der Waals surface area contributed by atoms with Gasteiger partial charge < -0.3 is 14.5 Å². The summed E-state index contributed by atoms with van der Waals surface area (Å²) in [7, 11) is -8.94. The number of ether oxygens (including phenoxy) is 1. The van der Waals surface area contributed by atoms with Gasteiger partial charge in [0.2, 0.25) is 5.91 Å². The van der Waals surface area contributed by atoms with Crippen molar-refractivity contribution in [2.75, 3.05) is 52.4 Å². The van der Waals surface area contributed by atoms with E-state index in [2.05, 4.69) is 37.2 Å². The van der Waals surface area contributed by atoms with Crippen LogP contribution in [0.2, 0.25) is 0 Å². The Bertz CT molecular complexity index is 2200. The van der Waals surface area contributed by atoms with Crippen LogP contribution < -0.4 is 4.74 Å². The van der Waals surface area contributed by atoms with E-state index in [1.54, 1.807) is 6.92 Å². The van der Waals surface area contributed by atoms with Crippen LogP contribution in [0.1, 0.15) is 49.3 Å². The van der Waals surface area contributed by atoms with Gasteiger partial charge in [-0.1, -0.05) is 36.4 Å². The van der Waals surface area contributed by atoms with Crippen molar-refractivity contribution >= 4 is 42.8 Å². The second kappa shape index (κ2) is 16.2. The Kier molecular flexibility index (Phi) is 11.8. The molecule has 20 heteroatoms. The van der Waals surface area contributed by atoms with Crippen LogP contribution in [0, 0.1) is 0 Å². The zero-order valence-corrected chi connectivity index (χ0v) is 31.4. The Morgan fingerprint density at radius 3 is 1.93 bits per heavy atom. The van der Waals surface area contributed by atoms with E-state index < -0.39 is 42.0 Å². The van der Waals surface area contributed by atoms with Crippen LogP contribution in [0.3, 0.4) is 0 Å². The third-order valence-corrected chi connectivity index (χ3v) is 11.7. The number of hydrogen-bond donors (Lipinski definition) is 2. The van der Waals surface area contributed by atoms with Gasteiger partial charge in [0.15, 0.2) is 5.82 Å². The molecule has 3 aliphatic rings. The number of nitrogens with zero attached hydrogens (tertiary/aromatic N) is 7. The number of rotatable bonds is 7. The molecular formula is C35H40F3N7O8S2. The highest BCUT2D eigenvalue weighted by Crippen LogP contribution is 2.33. The van der Waals surface area contributed by atoms with Crippen LogP contribution >= 0.6 is 0 Å². The van der Waals surface area contributed by atoms with Gasteiger partial charge in [-0.15, -0.1) is 10.2 Å². The van der Waals surface area contributed by atoms with E-state index in [1.807, 2.05) is 17.0 Å². The van der Waals surface area contributed by atoms with E-state index >= 15 is 0 Å². The summed E-state index contributed by atoms with van der Waals surface area (Å²) >= 11 is 0. The fourth-order valence-corrected chi connectivity index (χ4v) is 8.36. The molecule has 0 atom stereocenters. The molecule has 0 spiro atoms.